The third kappa shape index (κ3) is 4.18. The van der Waals surface area contributed by atoms with Crippen molar-refractivity contribution in [3.8, 4) is 11.3 Å². The van der Waals surface area contributed by atoms with Crippen LogP contribution in [-0.4, -0.2) is 46.3 Å². The predicted octanol–water partition coefficient (Wildman–Crippen LogP) is 3.39. The second-order valence-corrected chi connectivity index (χ2v) is 7.35. The third-order valence-corrected chi connectivity index (χ3v) is 5.15. The fraction of sp³-hybridized carbons (Fsp3) is 0.217. The molecular weight excluding hydrogens is 396 g/mol. The predicted molar refractivity (Wildman–Crippen MR) is 115 cm³/mol. The lowest BCUT2D eigenvalue weighted by Gasteiger charge is -2.25. The number of hydrogen-bond acceptors (Lipinski definition) is 5. The lowest BCUT2D eigenvalue weighted by Crippen LogP contribution is -2.39. The van der Waals surface area contributed by atoms with Gasteiger partial charge < -0.3 is 15.0 Å². The van der Waals surface area contributed by atoms with Gasteiger partial charge in [-0.15, -0.1) is 0 Å². The number of nitrogens with zero attached hydrogens (tertiary/aromatic N) is 2. The van der Waals surface area contributed by atoms with E-state index in [2.05, 4.69) is 15.3 Å². The molecule has 3 aromatic rings. The number of methoxy groups -OCH3 is 1. The minimum atomic E-state index is -0.545. The summed E-state index contributed by atoms with van der Waals surface area (Å²) < 4.78 is 4.80. The smallest absolute Gasteiger partial charge is 0.410 e. The number of ether oxygens (including phenoxy) is 1. The topological polar surface area (TPSA) is 104 Å². The summed E-state index contributed by atoms with van der Waals surface area (Å²) in [6.45, 7) is 1.63. The molecule has 2 amide bonds. The monoisotopic (exact) mass is 418 g/mol. The first kappa shape index (κ1) is 20.3. The fourth-order valence-electron chi connectivity index (χ4n) is 3.87. The maximum Gasteiger partial charge on any atom is 0.410 e. The van der Waals surface area contributed by atoms with Gasteiger partial charge in [-0.3, -0.25) is 14.5 Å². The molecule has 0 atom stereocenters. The molecule has 1 aliphatic heterocycles. The Morgan fingerprint density at radius 3 is 2.68 bits per heavy atom. The molecule has 0 saturated carbocycles. The molecule has 0 fully saturated rings. The van der Waals surface area contributed by atoms with E-state index >= 15 is 0 Å². The number of pyridine rings is 1. The Kier molecular flexibility index (Phi) is 5.53. The number of carbonyl (C=O) groups is 3. The van der Waals surface area contributed by atoms with Gasteiger partial charge in [0.15, 0.2) is 5.78 Å². The number of fused-ring (bicyclic) bond motifs is 1. The quantitative estimate of drug-likeness (QED) is 0.676. The van der Waals surface area contributed by atoms with Crippen molar-refractivity contribution in [1.82, 2.24) is 14.9 Å². The van der Waals surface area contributed by atoms with Gasteiger partial charge in [-0.25, -0.2) is 9.78 Å². The molecule has 31 heavy (non-hydrogen) atoms. The maximum absolute atomic E-state index is 13.0. The molecule has 0 bridgehead atoms. The first-order valence-electron chi connectivity index (χ1n) is 9.84. The molecule has 158 valence electrons. The largest absolute Gasteiger partial charge is 0.453 e. The van der Waals surface area contributed by atoms with Crippen LogP contribution in [0.1, 0.15) is 34.1 Å². The van der Waals surface area contributed by atoms with Gasteiger partial charge in [-0.05, 0) is 23.3 Å². The molecule has 0 spiro atoms. The van der Waals surface area contributed by atoms with Crippen molar-refractivity contribution in [2.45, 2.75) is 19.9 Å². The van der Waals surface area contributed by atoms with Gasteiger partial charge in [0.25, 0.3) is 0 Å². The Labute approximate surface area is 179 Å². The van der Waals surface area contributed by atoms with Gasteiger partial charge in [-0.1, -0.05) is 30.3 Å². The molecule has 2 N–H and O–H groups in total. The molecule has 0 radical (unpaired) electrons. The van der Waals surface area contributed by atoms with Crippen LogP contribution >= 0.6 is 0 Å². The van der Waals surface area contributed by atoms with E-state index in [0.717, 1.165) is 22.4 Å². The van der Waals surface area contributed by atoms with Crippen molar-refractivity contribution in [2.24, 2.45) is 0 Å². The molecule has 3 heterocycles. The van der Waals surface area contributed by atoms with E-state index in [1.807, 2.05) is 36.4 Å². The van der Waals surface area contributed by atoms with Crippen LogP contribution in [0.15, 0.2) is 48.7 Å². The number of benzene rings is 1. The van der Waals surface area contributed by atoms with Gasteiger partial charge in [0.1, 0.15) is 5.82 Å². The van der Waals surface area contributed by atoms with E-state index < -0.39 is 6.09 Å². The SMILES string of the molecule is COC(=O)N1CC(=O)c2c([nH]c(-c3ccnc(NC(C)=O)c3)c2Cc2ccccc2)C1. The zero-order valence-electron chi connectivity index (χ0n) is 17.3. The lowest BCUT2D eigenvalue weighted by atomic mass is 9.94. The zero-order chi connectivity index (χ0) is 22.0. The fourth-order valence-corrected chi connectivity index (χ4v) is 3.87. The number of rotatable bonds is 4. The van der Waals surface area contributed by atoms with Crippen LogP contribution < -0.4 is 5.32 Å². The summed E-state index contributed by atoms with van der Waals surface area (Å²) in [4.78, 5) is 45.4. The highest BCUT2D eigenvalue weighted by atomic mass is 16.5. The highest BCUT2D eigenvalue weighted by molar-refractivity contribution is 6.04. The molecule has 1 aromatic carbocycles. The summed E-state index contributed by atoms with van der Waals surface area (Å²) in [5.74, 6) is 0.0609. The molecule has 2 aromatic heterocycles. The second kappa shape index (κ2) is 8.43. The number of ketones is 1. The van der Waals surface area contributed by atoms with Crippen LogP contribution in [0.3, 0.4) is 0 Å². The van der Waals surface area contributed by atoms with Crippen molar-refractivity contribution < 1.29 is 19.1 Å². The maximum atomic E-state index is 13.0. The van der Waals surface area contributed by atoms with E-state index in [1.165, 1.54) is 18.9 Å². The van der Waals surface area contributed by atoms with E-state index in [-0.39, 0.29) is 24.8 Å². The summed E-state index contributed by atoms with van der Waals surface area (Å²) in [5, 5.41) is 2.68. The van der Waals surface area contributed by atoms with Crippen LogP contribution in [-0.2, 0) is 22.5 Å². The zero-order valence-corrected chi connectivity index (χ0v) is 17.3. The number of amides is 2. The first-order valence-corrected chi connectivity index (χ1v) is 9.84. The minimum absolute atomic E-state index is 0.0355. The summed E-state index contributed by atoms with van der Waals surface area (Å²) in [6, 6.07) is 13.4. The van der Waals surface area contributed by atoms with Crippen LogP contribution in [0.25, 0.3) is 11.3 Å². The second-order valence-electron chi connectivity index (χ2n) is 7.35. The number of anilines is 1. The Morgan fingerprint density at radius 1 is 1.19 bits per heavy atom. The number of hydrogen-bond donors (Lipinski definition) is 2. The summed E-state index contributed by atoms with van der Waals surface area (Å²) in [5.41, 5.74) is 4.75. The third-order valence-electron chi connectivity index (χ3n) is 5.15. The van der Waals surface area contributed by atoms with E-state index in [0.29, 0.717) is 23.5 Å². The Hall–Kier alpha value is -3.94. The number of aromatic amines is 1. The number of carbonyl (C=O) groups excluding carboxylic acids is 3. The summed E-state index contributed by atoms with van der Waals surface area (Å²) in [6.07, 6.45) is 1.61. The van der Waals surface area contributed by atoms with Crippen molar-refractivity contribution >= 4 is 23.6 Å². The summed E-state index contributed by atoms with van der Waals surface area (Å²) >= 11 is 0. The molecule has 0 unspecified atom stereocenters. The van der Waals surface area contributed by atoms with E-state index in [9.17, 15) is 14.4 Å². The molecule has 4 rings (SSSR count). The van der Waals surface area contributed by atoms with E-state index in [1.54, 1.807) is 12.3 Å². The molecule has 0 saturated heterocycles. The molecule has 8 heteroatoms. The Balaban J connectivity index is 1.82. The molecule has 1 aliphatic rings. The average Bonchev–Trinajstić information content (AvgIpc) is 3.12. The first-order chi connectivity index (χ1) is 15.0. The van der Waals surface area contributed by atoms with Gasteiger partial charge in [0.2, 0.25) is 5.91 Å². The van der Waals surface area contributed by atoms with Crippen LogP contribution in [0, 0.1) is 0 Å². The van der Waals surface area contributed by atoms with Crippen molar-refractivity contribution in [3.63, 3.8) is 0 Å². The highest BCUT2D eigenvalue weighted by Gasteiger charge is 2.32. The van der Waals surface area contributed by atoms with Gasteiger partial charge in [0.05, 0.1) is 25.9 Å². The summed E-state index contributed by atoms with van der Waals surface area (Å²) in [7, 11) is 1.30. The van der Waals surface area contributed by atoms with Crippen molar-refractivity contribution in [3.05, 3.63) is 71.0 Å². The van der Waals surface area contributed by atoms with E-state index in [4.69, 9.17) is 4.74 Å². The lowest BCUT2D eigenvalue weighted by molar-refractivity contribution is -0.114. The van der Waals surface area contributed by atoms with Gasteiger partial charge in [0, 0.05) is 36.4 Å². The molecule has 0 aliphatic carbocycles. The minimum Gasteiger partial charge on any atom is -0.453 e. The average molecular weight is 418 g/mol. The Morgan fingerprint density at radius 2 is 1.97 bits per heavy atom. The number of Topliss-reactive ketones (excluding diaryl/α,β-unsaturated/α-hetero) is 1. The molecular formula is C23H22N4O4. The van der Waals surface area contributed by atoms with Gasteiger partial charge in [-0.2, -0.15) is 0 Å². The van der Waals surface area contributed by atoms with Crippen LogP contribution in [0.2, 0.25) is 0 Å². The van der Waals surface area contributed by atoms with Crippen molar-refractivity contribution in [2.75, 3.05) is 19.0 Å². The molecule has 8 nitrogen and oxygen atoms in total. The Bertz CT molecular complexity index is 1150. The van der Waals surface area contributed by atoms with Gasteiger partial charge >= 0.3 is 6.09 Å². The number of H-pyrrole nitrogens is 1. The number of aromatic nitrogens is 2. The van der Waals surface area contributed by atoms with Crippen LogP contribution in [0.5, 0.6) is 0 Å². The normalized spacial score (nSPS) is 13.0. The highest BCUT2D eigenvalue weighted by Crippen LogP contribution is 2.34. The van der Waals surface area contributed by atoms with Crippen molar-refractivity contribution in [1.29, 1.82) is 0 Å². The standard InChI is InChI=1S/C23H22N4O4/c1-14(28)25-20-11-16(8-9-24-20)22-17(10-15-6-4-3-5-7-15)21-18(26-22)12-27(13-19(21)29)23(30)31-2/h3-9,11,26H,10,12-13H2,1-2H3,(H,24,25,28). The van der Waals surface area contributed by atoms with Crippen LogP contribution in [0.4, 0.5) is 10.6 Å². The number of nitrogens with one attached hydrogen (secondary N) is 2.